The van der Waals surface area contributed by atoms with Gasteiger partial charge in [-0.25, -0.2) is 9.48 Å². The van der Waals surface area contributed by atoms with Crippen LogP contribution in [0.4, 0.5) is 16.3 Å². The van der Waals surface area contributed by atoms with Crippen LogP contribution in [0.15, 0.2) is 54.6 Å². The summed E-state index contributed by atoms with van der Waals surface area (Å²) < 4.78 is 1.57. The van der Waals surface area contributed by atoms with Crippen LogP contribution in [0, 0.1) is 0 Å². The SMILES string of the molecule is CCC1CC(=O)NC(n2nc(-c3ccccc3)cc2NC(=O)Nc2ccc(Cl)c(Cl)c2)N1. The van der Waals surface area contributed by atoms with E-state index in [1.807, 2.05) is 37.3 Å². The molecule has 1 saturated heterocycles. The fraction of sp³-hybridized carbons (Fsp3) is 0.227. The predicted octanol–water partition coefficient (Wildman–Crippen LogP) is 4.85. The Balaban J connectivity index is 1.61. The number of urea groups is 1. The summed E-state index contributed by atoms with van der Waals surface area (Å²) in [4.78, 5) is 24.9. The van der Waals surface area contributed by atoms with Gasteiger partial charge in [0.05, 0.1) is 15.7 Å². The lowest BCUT2D eigenvalue weighted by Crippen LogP contribution is -2.53. The van der Waals surface area contributed by atoms with Crippen LogP contribution in [0.1, 0.15) is 26.1 Å². The number of carbonyl (C=O) groups excluding carboxylic acids is 2. The van der Waals surface area contributed by atoms with E-state index in [1.54, 1.807) is 28.9 Å². The fourth-order valence-electron chi connectivity index (χ4n) is 3.44. The van der Waals surface area contributed by atoms with Crippen molar-refractivity contribution in [2.24, 2.45) is 0 Å². The number of amides is 3. The number of nitrogens with one attached hydrogen (secondary N) is 4. The minimum atomic E-state index is -0.598. The molecule has 166 valence electrons. The fourth-order valence-corrected chi connectivity index (χ4v) is 3.74. The summed E-state index contributed by atoms with van der Waals surface area (Å²) in [6.07, 6.45) is 0.580. The molecule has 0 spiro atoms. The van der Waals surface area contributed by atoms with Gasteiger partial charge in [0.15, 0.2) is 6.29 Å². The normalized spacial score (nSPS) is 18.2. The topological polar surface area (TPSA) is 100 Å². The number of anilines is 2. The third-order valence-electron chi connectivity index (χ3n) is 5.08. The van der Waals surface area contributed by atoms with E-state index in [0.717, 1.165) is 12.0 Å². The summed E-state index contributed by atoms with van der Waals surface area (Å²) in [5.41, 5.74) is 2.03. The second-order valence-corrected chi connectivity index (χ2v) is 8.19. The number of nitrogens with zero attached hydrogens (tertiary/aromatic N) is 2. The minimum absolute atomic E-state index is 0.0102. The van der Waals surface area contributed by atoms with Crippen molar-refractivity contribution in [2.45, 2.75) is 32.1 Å². The minimum Gasteiger partial charge on any atom is -0.322 e. The first-order chi connectivity index (χ1) is 15.4. The van der Waals surface area contributed by atoms with Crippen molar-refractivity contribution in [2.75, 3.05) is 10.6 Å². The Morgan fingerprint density at radius 2 is 1.91 bits per heavy atom. The molecule has 1 aliphatic heterocycles. The first kappa shape index (κ1) is 22.1. The van der Waals surface area contributed by atoms with E-state index < -0.39 is 12.3 Å². The molecule has 0 saturated carbocycles. The van der Waals surface area contributed by atoms with Gasteiger partial charge in [-0.2, -0.15) is 5.10 Å². The number of aromatic nitrogens is 2. The van der Waals surface area contributed by atoms with Gasteiger partial charge < -0.3 is 10.6 Å². The molecule has 4 N–H and O–H groups in total. The van der Waals surface area contributed by atoms with Crippen molar-refractivity contribution in [3.8, 4) is 11.3 Å². The lowest BCUT2D eigenvalue weighted by Gasteiger charge is -2.31. The first-order valence-corrected chi connectivity index (χ1v) is 10.9. The highest BCUT2D eigenvalue weighted by Crippen LogP contribution is 2.27. The lowest BCUT2D eigenvalue weighted by atomic mass is 10.1. The summed E-state index contributed by atoms with van der Waals surface area (Å²) in [5.74, 6) is 0.333. The third kappa shape index (κ3) is 5.04. The Morgan fingerprint density at radius 3 is 2.62 bits per heavy atom. The summed E-state index contributed by atoms with van der Waals surface area (Å²) in [7, 11) is 0. The van der Waals surface area contributed by atoms with E-state index in [-0.39, 0.29) is 11.9 Å². The Bertz CT molecular complexity index is 1130. The van der Waals surface area contributed by atoms with Gasteiger partial charge in [-0.3, -0.25) is 15.4 Å². The molecule has 3 aromatic rings. The van der Waals surface area contributed by atoms with Crippen LogP contribution in [0.25, 0.3) is 11.3 Å². The average Bonchev–Trinajstić information content (AvgIpc) is 3.20. The molecule has 2 heterocycles. The van der Waals surface area contributed by atoms with Crippen molar-refractivity contribution in [3.05, 3.63) is 64.6 Å². The molecular weight excluding hydrogens is 451 g/mol. The average molecular weight is 473 g/mol. The highest BCUT2D eigenvalue weighted by atomic mass is 35.5. The lowest BCUT2D eigenvalue weighted by molar-refractivity contribution is -0.125. The number of halogens is 2. The van der Waals surface area contributed by atoms with Gasteiger partial charge in [0, 0.05) is 29.8 Å². The molecule has 1 fully saturated rings. The van der Waals surface area contributed by atoms with Gasteiger partial charge >= 0.3 is 6.03 Å². The molecule has 4 rings (SSSR count). The molecule has 10 heteroatoms. The maximum absolute atomic E-state index is 12.7. The quantitative estimate of drug-likeness (QED) is 0.426. The molecule has 3 amide bonds. The van der Waals surface area contributed by atoms with Crippen molar-refractivity contribution in [3.63, 3.8) is 0 Å². The van der Waals surface area contributed by atoms with Gasteiger partial charge in [0.1, 0.15) is 5.82 Å². The van der Waals surface area contributed by atoms with Gasteiger partial charge in [-0.15, -0.1) is 0 Å². The molecule has 2 atom stereocenters. The van der Waals surface area contributed by atoms with E-state index in [2.05, 4.69) is 26.4 Å². The van der Waals surface area contributed by atoms with Gasteiger partial charge in [-0.1, -0.05) is 60.5 Å². The van der Waals surface area contributed by atoms with E-state index in [9.17, 15) is 9.59 Å². The maximum Gasteiger partial charge on any atom is 0.324 e. The highest BCUT2D eigenvalue weighted by Gasteiger charge is 2.28. The Kier molecular flexibility index (Phi) is 6.64. The van der Waals surface area contributed by atoms with E-state index in [1.165, 1.54) is 0 Å². The number of hydrogen-bond donors (Lipinski definition) is 4. The molecule has 8 nitrogen and oxygen atoms in total. The highest BCUT2D eigenvalue weighted by molar-refractivity contribution is 6.42. The molecule has 2 unspecified atom stereocenters. The Morgan fingerprint density at radius 1 is 1.12 bits per heavy atom. The molecule has 0 bridgehead atoms. The molecule has 1 aliphatic rings. The number of rotatable bonds is 5. The van der Waals surface area contributed by atoms with Crippen LogP contribution in [-0.2, 0) is 4.79 Å². The van der Waals surface area contributed by atoms with E-state index in [4.69, 9.17) is 23.2 Å². The van der Waals surface area contributed by atoms with Crippen molar-refractivity contribution in [1.29, 1.82) is 0 Å². The van der Waals surface area contributed by atoms with Crippen LogP contribution >= 0.6 is 23.2 Å². The first-order valence-electron chi connectivity index (χ1n) is 10.2. The summed E-state index contributed by atoms with van der Waals surface area (Å²) in [6, 6.07) is 15.7. The molecule has 32 heavy (non-hydrogen) atoms. The number of carbonyl (C=O) groups is 2. The van der Waals surface area contributed by atoms with Crippen molar-refractivity contribution >= 4 is 46.6 Å². The molecule has 2 aromatic carbocycles. The van der Waals surface area contributed by atoms with Crippen LogP contribution in [-0.4, -0.2) is 27.8 Å². The van der Waals surface area contributed by atoms with E-state index >= 15 is 0 Å². The zero-order valence-electron chi connectivity index (χ0n) is 17.2. The zero-order chi connectivity index (χ0) is 22.7. The summed E-state index contributed by atoms with van der Waals surface area (Å²) >= 11 is 12.0. The summed E-state index contributed by atoms with van der Waals surface area (Å²) in [6.45, 7) is 2.01. The van der Waals surface area contributed by atoms with Crippen LogP contribution in [0.2, 0.25) is 10.0 Å². The maximum atomic E-state index is 12.7. The number of benzene rings is 2. The van der Waals surface area contributed by atoms with Crippen LogP contribution < -0.4 is 21.3 Å². The van der Waals surface area contributed by atoms with Crippen LogP contribution in [0.3, 0.4) is 0 Å². The zero-order valence-corrected chi connectivity index (χ0v) is 18.7. The molecular formula is C22H22Cl2N6O2. The molecule has 0 aliphatic carbocycles. The van der Waals surface area contributed by atoms with E-state index in [0.29, 0.717) is 33.7 Å². The number of hydrogen-bond acceptors (Lipinski definition) is 4. The second kappa shape index (κ2) is 9.60. The standard InChI is InChI=1S/C22H22Cl2N6O2/c1-2-14-11-20(31)28-21(25-14)30-19(12-18(29-30)13-6-4-3-5-7-13)27-22(32)26-15-8-9-16(23)17(24)10-15/h3-10,12,14,21,25H,2,11H2,1H3,(H,28,31)(H2,26,27,32). The largest absolute Gasteiger partial charge is 0.324 e. The van der Waals surface area contributed by atoms with Crippen molar-refractivity contribution < 1.29 is 9.59 Å². The van der Waals surface area contributed by atoms with Gasteiger partial charge in [-0.05, 0) is 24.6 Å². The monoisotopic (exact) mass is 472 g/mol. The molecule has 1 aromatic heterocycles. The summed E-state index contributed by atoms with van der Waals surface area (Å²) in [5, 5.41) is 17.2. The predicted molar refractivity (Wildman–Crippen MR) is 126 cm³/mol. The second-order valence-electron chi connectivity index (χ2n) is 7.38. The Labute approximate surface area is 195 Å². The van der Waals surface area contributed by atoms with Gasteiger partial charge in [0.2, 0.25) is 5.91 Å². The third-order valence-corrected chi connectivity index (χ3v) is 5.82. The molecule has 0 radical (unpaired) electrons. The van der Waals surface area contributed by atoms with Crippen molar-refractivity contribution in [1.82, 2.24) is 20.4 Å². The Hall–Kier alpha value is -3.07. The van der Waals surface area contributed by atoms with Gasteiger partial charge in [0.25, 0.3) is 0 Å². The van der Waals surface area contributed by atoms with Crippen LogP contribution in [0.5, 0.6) is 0 Å². The smallest absolute Gasteiger partial charge is 0.322 e.